The lowest BCUT2D eigenvalue weighted by Crippen LogP contribution is -2.58. The Morgan fingerprint density at radius 3 is 2.60 bits per heavy atom. The van der Waals surface area contributed by atoms with Crippen LogP contribution in [0.2, 0.25) is 0 Å². The molecule has 0 radical (unpaired) electrons. The van der Waals surface area contributed by atoms with Gasteiger partial charge in [-0.15, -0.1) is 0 Å². The number of carbonyl (C=O) groups excluding carboxylic acids is 1. The number of halogens is 1. The summed E-state index contributed by atoms with van der Waals surface area (Å²) in [4.78, 5) is 15.1. The third-order valence-corrected chi connectivity index (χ3v) is 5.20. The first-order valence-corrected chi connectivity index (χ1v) is 8.20. The van der Waals surface area contributed by atoms with Gasteiger partial charge in [-0.2, -0.15) is 0 Å². The van der Waals surface area contributed by atoms with Gasteiger partial charge < -0.3 is 10.2 Å². The van der Waals surface area contributed by atoms with Gasteiger partial charge in [0.05, 0.1) is 5.41 Å². The largest absolute Gasteiger partial charge is 0.339 e. The minimum atomic E-state index is -0.252. The van der Waals surface area contributed by atoms with Crippen molar-refractivity contribution in [1.29, 1.82) is 0 Å². The van der Waals surface area contributed by atoms with Crippen LogP contribution in [0.15, 0.2) is 28.7 Å². The summed E-state index contributed by atoms with van der Waals surface area (Å²) in [5.41, 5.74) is 0.931. The summed E-state index contributed by atoms with van der Waals surface area (Å²) in [7, 11) is 0. The van der Waals surface area contributed by atoms with Crippen LogP contribution in [0.25, 0.3) is 0 Å². The highest BCUT2D eigenvalue weighted by Crippen LogP contribution is 2.45. The van der Waals surface area contributed by atoms with Gasteiger partial charge in [-0.1, -0.05) is 34.5 Å². The second-order valence-corrected chi connectivity index (χ2v) is 6.96. The van der Waals surface area contributed by atoms with E-state index in [0.717, 1.165) is 43.4 Å². The fourth-order valence-corrected chi connectivity index (χ4v) is 3.61. The maximum absolute atomic E-state index is 13.0. The van der Waals surface area contributed by atoms with E-state index in [9.17, 15) is 4.79 Å². The number of piperazine rings is 1. The maximum atomic E-state index is 13.0. The fourth-order valence-electron chi connectivity index (χ4n) is 3.34. The molecular weight excluding hydrogens is 316 g/mol. The van der Waals surface area contributed by atoms with Crippen LogP contribution >= 0.6 is 15.9 Å². The highest BCUT2D eigenvalue weighted by atomic mass is 79.9. The first-order chi connectivity index (χ1) is 9.62. The van der Waals surface area contributed by atoms with Crippen LogP contribution in [0.3, 0.4) is 0 Å². The summed E-state index contributed by atoms with van der Waals surface area (Å²) >= 11 is 3.47. The Morgan fingerprint density at radius 2 is 2.05 bits per heavy atom. The van der Waals surface area contributed by atoms with E-state index in [-0.39, 0.29) is 5.41 Å². The number of hydrogen-bond acceptors (Lipinski definition) is 2. The second kappa shape index (κ2) is 5.49. The van der Waals surface area contributed by atoms with Crippen LogP contribution in [0.4, 0.5) is 0 Å². The van der Waals surface area contributed by atoms with E-state index in [1.54, 1.807) is 0 Å². The van der Waals surface area contributed by atoms with Crippen LogP contribution in [0.5, 0.6) is 0 Å². The van der Waals surface area contributed by atoms with Crippen LogP contribution in [-0.2, 0) is 10.2 Å². The highest BCUT2D eigenvalue weighted by molar-refractivity contribution is 9.10. The Morgan fingerprint density at radius 1 is 1.35 bits per heavy atom. The number of rotatable bonds is 2. The molecule has 4 heteroatoms. The number of nitrogens with zero attached hydrogens (tertiary/aromatic N) is 1. The number of nitrogens with one attached hydrogen (secondary N) is 1. The number of amides is 1. The Balaban J connectivity index is 1.84. The number of hydrogen-bond donors (Lipinski definition) is 1. The van der Waals surface area contributed by atoms with Gasteiger partial charge in [0.2, 0.25) is 5.91 Å². The maximum Gasteiger partial charge on any atom is 0.233 e. The minimum Gasteiger partial charge on any atom is -0.339 e. The zero-order valence-corrected chi connectivity index (χ0v) is 13.4. The molecule has 1 unspecified atom stereocenters. The minimum absolute atomic E-state index is 0.252. The highest BCUT2D eigenvalue weighted by Gasteiger charge is 2.47. The monoisotopic (exact) mass is 336 g/mol. The third kappa shape index (κ3) is 2.40. The normalized spacial score (nSPS) is 25.1. The SMILES string of the molecule is CC1CN(C(=O)C2(c3ccc(Br)cc3)CCC2)CCN1. The van der Waals surface area contributed by atoms with Gasteiger partial charge in [0.15, 0.2) is 0 Å². The van der Waals surface area contributed by atoms with Crippen molar-refractivity contribution in [2.75, 3.05) is 19.6 Å². The fraction of sp³-hybridized carbons (Fsp3) is 0.562. The lowest BCUT2D eigenvalue weighted by atomic mass is 9.63. The van der Waals surface area contributed by atoms with E-state index in [1.165, 1.54) is 5.56 Å². The van der Waals surface area contributed by atoms with Gasteiger partial charge in [-0.25, -0.2) is 0 Å². The molecule has 1 saturated heterocycles. The van der Waals surface area contributed by atoms with Crippen LogP contribution in [0.1, 0.15) is 31.7 Å². The number of carbonyl (C=O) groups is 1. The zero-order valence-electron chi connectivity index (χ0n) is 11.9. The van der Waals surface area contributed by atoms with Gasteiger partial charge in [0.25, 0.3) is 0 Å². The van der Waals surface area contributed by atoms with Gasteiger partial charge in [-0.05, 0) is 37.5 Å². The molecule has 0 aromatic heterocycles. The summed E-state index contributed by atoms with van der Waals surface area (Å²) < 4.78 is 1.07. The third-order valence-electron chi connectivity index (χ3n) is 4.67. The zero-order chi connectivity index (χ0) is 14.2. The van der Waals surface area contributed by atoms with E-state index in [0.29, 0.717) is 11.9 Å². The molecule has 1 heterocycles. The first-order valence-electron chi connectivity index (χ1n) is 7.41. The molecule has 3 rings (SSSR count). The molecule has 1 saturated carbocycles. The molecule has 1 atom stereocenters. The summed E-state index contributed by atoms with van der Waals surface area (Å²) in [5.74, 6) is 0.333. The van der Waals surface area contributed by atoms with Crippen molar-refractivity contribution >= 4 is 21.8 Å². The van der Waals surface area contributed by atoms with E-state index in [1.807, 2.05) is 12.1 Å². The molecule has 0 spiro atoms. The lowest BCUT2D eigenvalue weighted by molar-refractivity contribution is -0.142. The molecule has 1 N–H and O–H groups in total. The Labute approximate surface area is 128 Å². The van der Waals surface area contributed by atoms with Gasteiger partial charge >= 0.3 is 0 Å². The summed E-state index contributed by atoms with van der Waals surface area (Å²) in [6.07, 6.45) is 3.14. The average Bonchev–Trinajstić information content (AvgIpc) is 2.39. The lowest BCUT2D eigenvalue weighted by Gasteiger charge is -2.45. The average molecular weight is 337 g/mol. The Kier molecular flexibility index (Phi) is 3.87. The molecular formula is C16H21BrN2O. The Hall–Kier alpha value is -0.870. The molecule has 1 amide bonds. The Bertz CT molecular complexity index is 496. The van der Waals surface area contributed by atoms with Gasteiger partial charge in [0.1, 0.15) is 0 Å². The molecule has 1 aliphatic carbocycles. The molecule has 20 heavy (non-hydrogen) atoms. The second-order valence-electron chi connectivity index (χ2n) is 6.05. The predicted octanol–water partition coefficient (Wildman–Crippen LogP) is 2.69. The molecule has 3 nitrogen and oxygen atoms in total. The van der Waals surface area contributed by atoms with Crippen molar-refractivity contribution in [2.45, 2.75) is 37.6 Å². The van der Waals surface area contributed by atoms with Crippen LogP contribution in [0, 0.1) is 0 Å². The molecule has 1 aromatic carbocycles. The topological polar surface area (TPSA) is 32.3 Å². The van der Waals surface area contributed by atoms with E-state index in [2.05, 4.69) is 45.2 Å². The van der Waals surface area contributed by atoms with Crippen molar-refractivity contribution in [1.82, 2.24) is 10.2 Å². The van der Waals surface area contributed by atoms with Crippen LogP contribution < -0.4 is 5.32 Å². The smallest absolute Gasteiger partial charge is 0.233 e. The molecule has 0 bridgehead atoms. The molecule has 2 fully saturated rings. The van der Waals surface area contributed by atoms with E-state index < -0.39 is 0 Å². The van der Waals surface area contributed by atoms with Crippen LogP contribution in [-0.4, -0.2) is 36.5 Å². The van der Waals surface area contributed by atoms with Crippen molar-refractivity contribution in [2.24, 2.45) is 0 Å². The van der Waals surface area contributed by atoms with Crippen molar-refractivity contribution in [3.05, 3.63) is 34.3 Å². The van der Waals surface area contributed by atoms with Crippen molar-refractivity contribution in [3.63, 3.8) is 0 Å². The van der Waals surface area contributed by atoms with Crippen molar-refractivity contribution < 1.29 is 4.79 Å². The first kappa shape index (κ1) is 14.1. The van der Waals surface area contributed by atoms with Gasteiger partial charge in [-0.3, -0.25) is 4.79 Å². The van der Waals surface area contributed by atoms with E-state index >= 15 is 0 Å². The predicted molar refractivity (Wildman–Crippen MR) is 83.7 cm³/mol. The quantitative estimate of drug-likeness (QED) is 0.900. The molecule has 1 aromatic rings. The number of benzene rings is 1. The summed E-state index contributed by atoms with van der Waals surface area (Å²) in [6, 6.07) is 8.70. The standard InChI is InChI=1S/C16H21BrN2O/c1-12-11-19(10-9-18-12)15(20)16(7-2-8-16)13-3-5-14(17)6-4-13/h3-6,12,18H,2,7-11H2,1H3. The summed E-state index contributed by atoms with van der Waals surface area (Å²) in [5, 5.41) is 3.40. The summed E-state index contributed by atoms with van der Waals surface area (Å²) in [6.45, 7) is 4.72. The van der Waals surface area contributed by atoms with Crippen molar-refractivity contribution in [3.8, 4) is 0 Å². The van der Waals surface area contributed by atoms with Gasteiger partial charge in [0, 0.05) is 30.1 Å². The van der Waals surface area contributed by atoms with E-state index in [4.69, 9.17) is 0 Å². The molecule has 2 aliphatic rings. The molecule has 108 valence electrons. The molecule has 1 aliphatic heterocycles.